The lowest BCUT2D eigenvalue weighted by Crippen LogP contribution is -2.05. The van der Waals surface area contributed by atoms with Crippen molar-refractivity contribution in [3.05, 3.63) is 76.8 Å². The van der Waals surface area contributed by atoms with Gasteiger partial charge in [-0.3, -0.25) is 4.79 Å². The lowest BCUT2D eigenvalue weighted by atomic mass is 9.97. The van der Waals surface area contributed by atoms with Crippen LogP contribution in [0.15, 0.2) is 70.8 Å². The van der Waals surface area contributed by atoms with Gasteiger partial charge in [0.2, 0.25) is 5.95 Å². The Morgan fingerprint density at radius 2 is 1.70 bits per heavy atom. The molecule has 0 aliphatic rings. The maximum Gasteiger partial charge on any atom is 0.276 e. The number of fused-ring (bicyclic) bond motifs is 3. The molecule has 3 aromatic carbocycles. The summed E-state index contributed by atoms with van der Waals surface area (Å²) in [5.41, 5.74) is 4.24. The first kappa shape index (κ1) is 15.3. The number of hydrogen-bond donors (Lipinski definition) is 3. The molecule has 0 saturated heterocycles. The topological polar surface area (TPSA) is 98.8 Å². The molecule has 5 aromatic rings. The minimum Gasteiger partial charge on any atom is -0.317 e. The normalized spacial score (nSPS) is 11.7. The van der Waals surface area contributed by atoms with E-state index >= 15 is 0 Å². The molecule has 3 N–H and O–H groups in total. The highest BCUT2D eigenvalue weighted by Gasteiger charge is 2.07. The van der Waals surface area contributed by atoms with Crippen molar-refractivity contribution in [2.24, 2.45) is 5.10 Å². The first-order valence-electron chi connectivity index (χ1n) is 8.42. The average molecular weight is 354 g/mol. The third-order valence-electron chi connectivity index (χ3n) is 4.47. The van der Waals surface area contributed by atoms with Crippen molar-refractivity contribution in [3.63, 3.8) is 0 Å². The Balaban J connectivity index is 1.58. The van der Waals surface area contributed by atoms with Crippen LogP contribution in [0.25, 0.3) is 32.7 Å². The maximum absolute atomic E-state index is 11.7. The molecule has 0 aliphatic carbocycles. The van der Waals surface area contributed by atoms with Crippen molar-refractivity contribution in [1.29, 1.82) is 0 Å². The van der Waals surface area contributed by atoms with Crippen LogP contribution in [-0.4, -0.2) is 26.2 Å². The minimum atomic E-state index is -0.274. The number of nitrogens with zero attached hydrogens (tertiary/aromatic N) is 3. The SMILES string of the molecule is O=c1[nH]cnc2nc(NN=Cc3c4ccccc4cc4ccccc34)[nH]c12. The molecule has 0 unspecified atom stereocenters. The second-order valence-electron chi connectivity index (χ2n) is 6.12. The molecule has 0 atom stereocenters. The van der Waals surface area contributed by atoms with E-state index in [9.17, 15) is 4.79 Å². The molecule has 0 radical (unpaired) electrons. The molecule has 0 spiro atoms. The molecule has 7 nitrogen and oxygen atoms in total. The maximum atomic E-state index is 11.7. The third kappa shape index (κ3) is 2.62. The van der Waals surface area contributed by atoms with Crippen LogP contribution in [0.2, 0.25) is 0 Å². The van der Waals surface area contributed by atoms with Crippen LogP contribution in [0, 0.1) is 0 Å². The molecule has 0 aliphatic heterocycles. The van der Waals surface area contributed by atoms with Gasteiger partial charge in [0.05, 0.1) is 12.5 Å². The number of benzene rings is 3. The Hall–Kier alpha value is -4.00. The molecule has 2 aromatic heterocycles. The summed E-state index contributed by atoms with van der Waals surface area (Å²) in [5, 5.41) is 8.86. The van der Waals surface area contributed by atoms with E-state index in [-0.39, 0.29) is 5.56 Å². The molecule has 7 heteroatoms. The van der Waals surface area contributed by atoms with Crippen molar-refractivity contribution in [2.45, 2.75) is 0 Å². The second-order valence-corrected chi connectivity index (χ2v) is 6.12. The van der Waals surface area contributed by atoms with Crippen molar-refractivity contribution in [3.8, 4) is 0 Å². The lowest BCUT2D eigenvalue weighted by molar-refractivity contribution is 1.15. The van der Waals surface area contributed by atoms with Gasteiger partial charge in [0.15, 0.2) is 11.2 Å². The molecule has 0 bridgehead atoms. The molecule has 27 heavy (non-hydrogen) atoms. The van der Waals surface area contributed by atoms with E-state index in [0.29, 0.717) is 17.1 Å². The molecular weight excluding hydrogens is 340 g/mol. The van der Waals surface area contributed by atoms with Gasteiger partial charge in [-0.15, -0.1) is 0 Å². The monoisotopic (exact) mass is 354 g/mol. The average Bonchev–Trinajstić information content (AvgIpc) is 3.12. The fourth-order valence-corrected chi connectivity index (χ4v) is 3.24. The number of nitrogens with one attached hydrogen (secondary N) is 3. The van der Waals surface area contributed by atoms with Crippen molar-refractivity contribution < 1.29 is 0 Å². The van der Waals surface area contributed by atoms with E-state index < -0.39 is 0 Å². The number of imidazole rings is 1. The summed E-state index contributed by atoms with van der Waals surface area (Å²) >= 11 is 0. The molecule has 0 saturated carbocycles. The van der Waals surface area contributed by atoms with Gasteiger partial charge in [-0.05, 0) is 27.6 Å². The lowest BCUT2D eigenvalue weighted by Gasteiger charge is -2.07. The molecule has 0 fully saturated rings. The van der Waals surface area contributed by atoms with Gasteiger partial charge in [-0.25, -0.2) is 10.4 Å². The Bertz CT molecular complexity index is 1330. The number of aromatic nitrogens is 4. The third-order valence-corrected chi connectivity index (χ3v) is 4.47. The first-order chi connectivity index (χ1) is 13.3. The van der Waals surface area contributed by atoms with E-state index in [4.69, 9.17) is 0 Å². The fourth-order valence-electron chi connectivity index (χ4n) is 3.24. The van der Waals surface area contributed by atoms with Crippen molar-refractivity contribution >= 4 is 44.9 Å². The molecular formula is C20H14N6O. The number of hydrazone groups is 1. The van der Waals surface area contributed by atoms with E-state index in [1.807, 2.05) is 24.3 Å². The summed E-state index contributed by atoms with van der Waals surface area (Å²) in [4.78, 5) is 25.4. The second kappa shape index (κ2) is 6.06. The molecule has 130 valence electrons. The number of rotatable bonds is 3. The number of anilines is 1. The minimum absolute atomic E-state index is 0.274. The van der Waals surface area contributed by atoms with E-state index in [1.54, 1.807) is 6.21 Å². The Morgan fingerprint density at radius 1 is 1.00 bits per heavy atom. The van der Waals surface area contributed by atoms with Crippen LogP contribution in [0.5, 0.6) is 0 Å². The Labute approximate surface area is 152 Å². The van der Waals surface area contributed by atoms with Gasteiger partial charge in [-0.1, -0.05) is 48.5 Å². The number of hydrogen-bond acceptors (Lipinski definition) is 5. The predicted octanol–water partition coefficient (Wildman–Crippen LogP) is 3.40. The molecule has 0 amide bonds. The zero-order valence-electron chi connectivity index (χ0n) is 14.1. The van der Waals surface area contributed by atoms with Crippen LogP contribution >= 0.6 is 0 Å². The van der Waals surface area contributed by atoms with Crippen LogP contribution in [0.1, 0.15) is 5.56 Å². The Morgan fingerprint density at radius 3 is 2.41 bits per heavy atom. The van der Waals surface area contributed by atoms with E-state index in [0.717, 1.165) is 27.1 Å². The van der Waals surface area contributed by atoms with Gasteiger partial charge in [0.1, 0.15) is 0 Å². The molecule has 5 rings (SSSR count). The smallest absolute Gasteiger partial charge is 0.276 e. The highest BCUT2D eigenvalue weighted by Crippen LogP contribution is 2.27. The van der Waals surface area contributed by atoms with Gasteiger partial charge < -0.3 is 9.97 Å². The summed E-state index contributed by atoms with van der Waals surface area (Å²) in [6.45, 7) is 0. The largest absolute Gasteiger partial charge is 0.317 e. The van der Waals surface area contributed by atoms with E-state index in [2.05, 4.69) is 60.8 Å². The van der Waals surface area contributed by atoms with Gasteiger partial charge in [0.25, 0.3) is 5.56 Å². The highest BCUT2D eigenvalue weighted by atomic mass is 16.1. The fraction of sp³-hybridized carbons (Fsp3) is 0. The summed E-state index contributed by atoms with van der Waals surface area (Å²) in [5.74, 6) is 0.356. The van der Waals surface area contributed by atoms with Gasteiger partial charge in [-0.2, -0.15) is 10.1 Å². The Kier molecular flexibility index (Phi) is 3.43. The highest BCUT2D eigenvalue weighted by molar-refractivity contribution is 6.13. The van der Waals surface area contributed by atoms with Crippen LogP contribution in [-0.2, 0) is 0 Å². The predicted molar refractivity (Wildman–Crippen MR) is 107 cm³/mol. The van der Waals surface area contributed by atoms with Crippen LogP contribution in [0.3, 0.4) is 0 Å². The number of H-pyrrole nitrogens is 2. The van der Waals surface area contributed by atoms with Gasteiger partial charge >= 0.3 is 0 Å². The van der Waals surface area contributed by atoms with Gasteiger partial charge in [0, 0.05) is 5.56 Å². The first-order valence-corrected chi connectivity index (χ1v) is 8.42. The summed E-state index contributed by atoms with van der Waals surface area (Å²) in [7, 11) is 0. The van der Waals surface area contributed by atoms with Crippen LogP contribution < -0.4 is 11.0 Å². The summed E-state index contributed by atoms with van der Waals surface area (Å²) in [6, 6.07) is 18.6. The summed E-state index contributed by atoms with van der Waals surface area (Å²) < 4.78 is 0. The standard InChI is InChI=1S/C20H14N6O/c27-19-17-18(21-11-22-19)25-20(24-17)26-23-10-16-14-7-3-1-5-12(14)9-13-6-2-4-8-15(13)16/h1-11H,(H3,21,22,24,25,26,27). The quantitative estimate of drug-likeness (QED) is 0.263. The van der Waals surface area contributed by atoms with Crippen LogP contribution in [0.4, 0.5) is 5.95 Å². The van der Waals surface area contributed by atoms with E-state index in [1.165, 1.54) is 6.33 Å². The zero-order chi connectivity index (χ0) is 18.2. The van der Waals surface area contributed by atoms with Crippen molar-refractivity contribution in [2.75, 3.05) is 5.43 Å². The molecule has 2 heterocycles. The summed E-state index contributed by atoms with van der Waals surface area (Å²) in [6.07, 6.45) is 3.09. The number of aromatic amines is 2. The zero-order valence-corrected chi connectivity index (χ0v) is 14.1. The van der Waals surface area contributed by atoms with Crippen molar-refractivity contribution in [1.82, 2.24) is 19.9 Å².